The van der Waals surface area contributed by atoms with Crippen LogP contribution in [0.5, 0.6) is 11.6 Å². The number of pyridine rings is 1. The van der Waals surface area contributed by atoms with Gasteiger partial charge in [-0.1, -0.05) is 12.1 Å². The van der Waals surface area contributed by atoms with Crippen LogP contribution in [-0.2, 0) is 11.4 Å². The molecule has 1 heterocycles. The molecule has 1 aromatic heterocycles. The van der Waals surface area contributed by atoms with E-state index < -0.39 is 17.6 Å². The van der Waals surface area contributed by atoms with Crippen LogP contribution >= 0.6 is 0 Å². The first-order valence-electron chi connectivity index (χ1n) is 6.61. The van der Waals surface area contributed by atoms with E-state index in [0.29, 0.717) is 5.56 Å². The molecule has 0 radical (unpaired) electrons. The van der Waals surface area contributed by atoms with Crippen molar-refractivity contribution >= 4 is 11.8 Å². The van der Waals surface area contributed by atoms with Gasteiger partial charge in [0.05, 0.1) is 6.54 Å². The van der Waals surface area contributed by atoms with Crippen molar-refractivity contribution in [3.63, 3.8) is 0 Å². The molecule has 23 heavy (non-hydrogen) atoms. The number of ether oxygens (including phenoxy) is 1. The molecule has 0 spiro atoms. The van der Waals surface area contributed by atoms with Gasteiger partial charge in [-0.3, -0.25) is 14.9 Å². The maximum atomic E-state index is 12.8. The predicted octanol–water partition coefficient (Wildman–Crippen LogP) is 0.720. The van der Waals surface area contributed by atoms with Crippen LogP contribution in [0.4, 0.5) is 4.39 Å². The van der Waals surface area contributed by atoms with Gasteiger partial charge in [0.25, 0.3) is 5.91 Å². The summed E-state index contributed by atoms with van der Waals surface area (Å²) >= 11 is 0. The van der Waals surface area contributed by atoms with Crippen LogP contribution in [0, 0.1) is 5.82 Å². The monoisotopic (exact) mass is 319 g/mol. The molecule has 0 fully saturated rings. The fourth-order valence-electron chi connectivity index (χ4n) is 1.66. The summed E-state index contributed by atoms with van der Waals surface area (Å²) < 4.78 is 18.2. The van der Waals surface area contributed by atoms with E-state index in [4.69, 9.17) is 10.5 Å². The summed E-state index contributed by atoms with van der Waals surface area (Å²) in [5.41, 5.74) is 5.43. The van der Waals surface area contributed by atoms with Gasteiger partial charge < -0.3 is 15.6 Å². The smallest absolute Gasteiger partial charge is 0.280 e. The van der Waals surface area contributed by atoms with E-state index in [-0.39, 0.29) is 30.5 Å². The fraction of sp³-hybridized carbons (Fsp3) is 0.133. The third kappa shape index (κ3) is 4.48. The number of hydrogen-bond acceptors (Lipinski definition) is 6. The molecule has 120 valence electrons. The fourth-order valence-corrected chi connectivity index (χ4v) is 1.66. The van der Waals surface area contributed by atoms with Crippen LogP contribution in [0.2, 0.25) is 0 Å². The quantitative estimate of drug-likeness (QED) is 0.748. The van der Waals surface area contributed by atoms with E-state index in [1.807, 2.05) is 5.32 Å². The Bertz CT molecular complexity index is 719. The molecule has 8 heteroatoms. The Balaban J connectivity index is 2.08. The van der Waals surface area contributed by atoms with E-state index in [0.717, 1.165) is 0 Å². The second kappa shape index (κ2) is 7.32. The summed E-state index contributed by atoms with van der Waals surface area (Å²) in [6.07, 6.45) is 0. The van der Waals surface area contributed by atoms with Gasteiger partial charge in [0.1, 0.15) is 18.2 Å². The molecule has 2 aromatic rings. The number of carbonyl (C=O) groups excluding carboxylic acids is 2. The second-order valence-corrected chi connectivity index (χ2v) is 4.51. The lowest BCUT2D eigenvalue weighted by Crippen LogP contribution is -2.35. The Hall–Kier alpha value is -3.00. The minimum Gasteiger partial charge on any atom is -0.505 e. The molecule has 0 saturated heterocycles. The highest BCUT2D eigenvalue weighted by Crippen LogP contribution is 2.19. The highest BCUT2D eigenvalue weighted by molar-refractivity contribution is 6.05. The van der Waals surface area contributed by atoms with Crippen molar-refractivity contribution in [2.75, 3.05) is 6.54 Å². The summed E-state index contributed by atoms with van der Waals surface area (Å²) in [6, 6.07) is 8.25. The van der Waals surface area contributed by atoms with Crippen LogP contribution in [0.15, 0.2) is 36.4 Å². The second-order valence-electron chi connectivity index (χ2n) is 4.51. The van der Waals surface area contributed by atoms with Gasteiger partial charge in [0.15, 0.2) is 5.69 Å². The summed E-state index contributed by atoms with van der Waals surface area (Å²) in [6.45, 7) is -0.270. The number of nitrogens with two attached hydrogens (primary N) is 1. The molecule has 2 rings (SSSR count). The zero-order valence-corrected chi connectivity index (χ0v) is 12.0. The van der Waals surface area contributed by atoms with Crippen molar-refractivity contribution in [3.05, 3.63) is 53.5 Å². The molecule has 2 amide bonds. The standard InChI is InChI=1S/C15H14FN3O4/c16-10-3-1-9(2-4-10)8-23-13-6-5-11(20)14(19-13)15(22)18-12(21)7-17/h1-6,20H,7-8,17H2,(H,18,21,22). The molecule has 0 saturated carbocycles. The largest absolute Gasteiger partial charge is 0.505 e. The van der Waals surface area contributed by atoms with Gasteiger partial charge in [-0.25, -0.2) is 9.37 Å². The zero-order valence-electron chi connectivity index (χ0n) is 12.0. The third-order valence-corrected chi connectivity index (χ3v) is 2.80. The number of nitrogens with zero attached hydrogens (tertiary/aromatic N) is 1. The first-order valence-corrected chi connectivity index (χ1v) is 6.61. The molecule has 0 atom stereocenters. The minimum atomic E-state index is -0.884. The van der Waals surface area contributed by atoms with E-state index in [1.54, 1.807) is 12.1 Å². The van der Waals surface area contributed by atoms with Gasteiger partial charge in [0.2, 0.25) is 11.8 Å². The van der Waals surface area contributed by atoms with Crippen molar-refractivity contribution in [3.8, 4) is 11.6 Å². The van der Waals surface area contributed by atoms with Crippen LogP contribution in [0.25, 0.3) is 0 Å². The molecule has 0 aliphatic carbocycles. The molecule has 0 aliphatic heterocycles. The third-order valence-electron chi connectivity index (χ3n) is 2.80. The Morgan fingerprint density at radius 1 is 1.22 bits per heavy atom. The molecule has 4 N–H and O–H groups in total. The number of halogens is 1. The van der Waals surface area contributed by atoms with Crippen molar-refractivity contribution in [1.29, 1.82) is 0 Å². The number of rotatable bonds is 5. The van der Waals surface area contributed by atoms with Crippen LogP contribution in [-0.4, -0.2) is 28.4 Å². The average Bonchev–Trinajstić information content (AvgIpc) is 2.55. The topological polar surface area (TPSA) is 115 Å². The predicted molar refractivity (Wildman–Crippen MR) is 78.2 cm³/mol. The molecule has 0 bridgehead atoms. The van der Waals surface area contributed by atoms with Gasteiger partial charge in [-0.15, -0.1) is 0 Å². The SMILES string of the molecule is NCC(=O)NC(=O)c1nc(OCc2ccc(F)cc2)ccc1O. The van der Waals surface area contributed by atoms with Gasteiger partial charge >= 0.3 is 0 Å². The average molecular weight is 319 g/mol. The molecule has 0 unspecified atom stereocenters. The lowest BCUT2D eigenvalue weighted by molar-refractivity contribution is -0.118. The number of hydrogen-bond donors (Lipinski definition) is 3. The highest BCUT2D eigenvalue weighted by atomic mass is 19.1. The number of benzene rings is 1. The normalized spacial score (nSPS) is 10.2. The van der Waals surface area contributed by atoms with Gasteiger partial charge in [-0.2, -0.15) is 0 Å². The van der Waals surface area contributed by atoms with E-state index in [2.05, 4.69) is 4.98 Å². The molecule has 7 nitrogen and oxygen atoms in total. The summed E-state index contributed by atoms with van der Waals surface area (Å²) in [4.78, 5) is 26.7. The van der Waals surface area contributed by atoms with E-state index in [1.165, 1.54) is 24.3 Å². The van der Waals surface area contributed by atoms with Crippen molar-refractivity contribution in [1.82, 2.24) is 10.3 Å². The molecule has 0 aliphatic rings. The Morgan fingerprint density at radius 2 is 1.91 bits per heavy atom. The number of aromatic nitrogens is 1. The van der Waals surface area contributed by atoms with Crippen LogP contribution in [0.3, 0.4) is 0 Å². The maximum Gasteiger partial charge on any atom is 0.280 e. The summed E-state index contributed by atoms with van der Waals surface area (Å²) in [5.74, 6) is -2.28. The van der Waals surface area contributed by atoms with Gasteiger partial charge in [-0.05, 0) is 23.8 Å². The summed E-state index contributed by atoms with van der Waals surface area (Å²) in [7, 11) is 0. The molecular formula is C15H14FN3O4. The number of carbonyl (C=O) groups is 2. The van der Waals surface area contributed by atoms with Crippen molar-refractivity contribution in [2.45, 2.75) is 6.61 Å². The number of amides is 2. The first-order chi connectivity index (χ1) is 11.0. The Labute approximate surface area is 130 Å². The molecule has 1 aromatic carbocycles. The number of aromatic hydroxyl groups is 1. The van der Waals surface area contributed by atoms with Crippen LogP contribution < -0.4 is 15.8 Å². The summed E-state index contributed by atoms with van der Waals surface area (Å²) in [5, 5.41) is 11.6. The zero-order chi connectivity index (χ0) is 16.8. The number of imide groups is 1. The van der Waals surface area contributed by atoms with E-state index in [9.17, 15) is 19.1 Å². The van der Waals surface area contributed by atoms with E-state index >= 15 is 0 Å². The molecular weight excluding hydrogens is 305 g/mol. The minimum absolute atomic E-state index is 0.0671. The maximum absolute atomic E-state index is 12.8. The Kier molecular flexibility index (Phi) is 5.21. The Morgan fingerprint density at radius 3 is 2.57 bits per heavy atom. The van der Waals surface area contributed by atoms with Crippen molar-refractivity contribution in [2.24, 2.45) is 5.73 Å². The van der Waals surface area contributed by atoms with Crippen LogP contribution in [0.1, 0.15) is 16.1 Å². The van der Waals surface area contributed by atoms with Crippen molar-refractivity contribution < 1.29 is 23.8 Å². The van der Waals surface area contributed by atoms with Gasteiger partial charge in [0, 0.05) is 6.07 Å². The first kappa shape index (κ1) is 16.4. The lowest BCUT2D eigenvalue weighted by Gasteiger charge is -2.08. The number of nitrogens with one attached hydrogen (secondary N) is 1. The lowest BCUT2D eigenvalue weighted by atomic mass is 10.2. The highest BCUT2D eigenvalue weighted by Gasteiger charge is 2.16.